The molecule has 1 fully saturated rings. The van der Waals surface area contributed by atoms with Crippen LogP contribution < -0.4 is 5.32 Å². The van der Waals surface area contributed by atoms with E-state index >= 15 is 0 Å². The van der Waals surface area contributed by atoms with Gasteiger partial charge in [-0.15, -0.1) is 11.3 Å². The van der Waals surface area contributed by atoms with Gasteiger partial charge in [-0.2, -0.15) is 0 Å². The average molecular weight is 300 g/mol. The summed E-state index contributed by atoms with van der Waals surface area (Å²) >= 11 is 1.85. The van der Waals surface area contributed by atoms with Crippen molar-refractivity contribution in [3.8, 4) is 0 Å². The van der Waals surface area contributed by atoms with E-state index in [0.717, 1.165) is 6.42 Å². The predicted molar refractivity (Wildman–Crippen MR) is 90.1 cm³/mol. The third-order valence-corrected chi connectivity index (χ3v) is 5.29. The number of thiazole rings is 1. The van der Waals surface area contributed by atoms with E-state index in [2.05, 4.69) is 51.2 Å². The van der Waals surface area contributed by atoms with E-state index in [9.17, 15) is 0 Å². The molecule has 1 saturated carbocycles. The number of hydrogen-bond acceptors (Lipinski definition) is 3. The molecule has 1 aliphatic rings. The van der Waals surface area contributed by atoms with Gasteiger partial charge in [0.15, 0.2) is 0 Å². The van der Waals surface area contributed by atoms with Gasteiger partial charge in [0, 0.05) is 10.9 Å². The molecule has 0 bridgehead atoms. The Labute approximate surface area is 131 Å². The maximum absolute atomic E-state index is 4.91. The van der Waals surface area contributed by atoms with Crippen LogP contribution in [-0.4, -0.2) is 11.0 Å². The molecular weight excluding hydrogens is 276 g/mol. The standard InChI is InChI=1S/C18H24N2S/c1-5-16-13(4)21-18(20-16)17(19-14-7-8-14)15-9-6-11(2)10-12(15)3/h6,9-10,14,17,19H,5,7-8H2,1-4H3. The summed E-state index contributed by atoms with van der Waals surface area (Å²) in [5, 5.41) is 5.02. The highest BCUT2D eigenvalue weighted by Gasteiger charge is 2.29. The van der Waals surface area contributed by atoms with Gasteiger partial charge in [0.05, 0.1) is 11.7 Å². The van der Waals surface area contributed by atoms with Crippen molar-refractivity contribution in [3.63, 3.8) is 0 Å². The van der Waals surface area contributed by atoms with Crippen LogP contribution in [0.15, 0.2) is 18.2 Å². The minimum Gasteiger partial charge on any atom is -0.301 e. The summed E-state index contributed by atoms with van der Waals surface area (Å²) < 4.78 is 0. The van der Waals surface area contributed by atoms with Crippen LogP contribution in [0.2, 0.25) is 0 Å². The maximum atomic E-state index is 4.91. The minimum absolute atomic E-state index is 0.252. The van der Waals surface area contributed by atoms with Gasteiger partial charge in [-0.3, -0.25) is 0 Å². The van der Waals surface area contributed by atoms with Crippen molar-refractivity contribution >= 4 is 11.3 Å². The summed E-state index contributed by atoms with van der Waals surface area (Å²) in [5.74, 6) is 0. The number of aromatic nitrogens is 1. The van der Waals surface area contributed by atoms with Crippen molar-refractivity contribution in [3.05, 3.63) is 50.5 Å². The summed E-state index contributed by atoms with van der Waals surface area (Å²) in [6.07, 6.45) is 3.62. The van der Waals surface area contributed by atoms with Gasteiger partial charge in [0.2, 0.25) is 0 Å². The van der Waals surface area contributed by atoms with E-state index in [1.54, 1.807) is 0 Å². The second-order valence-electron chi connectivity index (χ2n) is 6.14. The minimum atomic E-state index is 0.252. The Balaban J connectivity index is 1.99. The number of aryl methyl sites for hydroxylation is 4. The molecule has 1 aliphatic carbocycles. The lowest BCUT2D eigenvalue weighted by molar-refractivity contribution is 0.594. The molecular formula is C18H24N2S. The number of hydrogen-bond donors (Lipinski definition) is 1. The van der Waals surface area contributed by atoms with Crippen molar-refractivity contribution in [2.75, 3.05) is 0 Å². The van der Waals surface area contributed by atoms with Crippen molar-refractivity contribution in [2.24, 2.45) is 0 Å². The highest BCUT2D eigenvalue weighted by molar-refractivity contribution is 7.11. The monoisotopic (exact) mass is 300 g/mol. The first-order valence-electron chi connectivity index (χ1n) is 7.88. The molecule has 1 N–H and O–H groups in total. The normalized spacial score (nSPS) is 16.2. The maximum Gasteiger partial charge on any atom is 0.115 e. The molecule has 1 heterocycles. The molecule has 1 unspecified atom stereocenters. The van der Waals surface area contributed by atoms with E-state index in [1.165, 1.54) is 45.1 Å². The molecule has 0 amide bonds. The summed E-state index contributed by atoms with van der Waals surface area (Å²) in [6.45, 7) is 8.75. The zero-order valence-electron chi connectivity index (χ0n) is 13.4. The Kier molecular flexibility index (Phi) is 4.14. The lowest BCUT2D eigenvalue weighted by Crippen LogP contribution is -2.25. The lowest BCUT2D eigenvalue weighted by Gasteiger charge is -2.19. The molecule has 0 radical (unpaired) electrons. The Morgan fingerprint density at radius 1 is 1.29 bits per heavy atom. The highest BCUT2D eigenvalue weighted by atomic mass is 32.1. The number of benzene rings is 1. The molecule has 2 nitrogen and oxygen atoms in total. The van der Waals surface area contributed by atoms with E-state index in [-0.39, 0.29) is 6.04 Å². The van der Waals surface area contributed by atoms with E-state index in [4.69, 9.17) is 4.98 Å². The molecule has 112 valence electrons. The van der Waals surface area contributed by atoms with Crippen molar-refractivity contribution in [1.82, 2.24) is 10.3 Å². The van der Waals surface area contributed by atoms with Gasteiger partial charge < -0.3 is 5.32 Å². The van der Waals surface area contributed by atoms with Crippen LogP contribution >= 0.6 is 11.3 Å². The zero-order chi connectivity index (χ0) is 15.0. The van der Waals surface area contributed by atoms with Crippen molar-refractivity contribution in [1.29, 1.82) is 0 Å². The molecule has 1 aromatic carbocycles. The topological polar surface area (TPSA) is 24.9 Å². The van der Waals surface area contributed by atoms with Crippen LogP contribution in [0.1, 0.15) is 58.1 Å². The van der Waals surface area contributed by atoms with Gasteiger partial charge in [-0.1, -0.05) is 30.7 Å². The molecule has 3 heteroatoms. The highest BCUT2D eigenvalue weighted by Crippen LogP contribution is 2.33. The SMILES string of the molecule is CCc1nc(C(NC2CC2)c2ccc(C)cc2C)sc1C. The Hall–Kier alpha value is -1.19. The molecule has 1 aromatic heterocycles. The van der Waals surface area contributed by atoms with Crippen LogP contribution in [0, 0.1) is 20.8 Å². The third-order valence-electron chi connectivity index (χ3n) is 4.21. The zero-order valence-corrected chi connectivity index (χ0v) is 14.2. The Morgan fingerprint density at radius 3 is 2.62 bits per heavy atom. The van der Waals surface area contributed by atoms with Crippen molar-refractivity contribution in [2.45, 2.75) is 59.0 Å². The molecule has 0 saturated heterocycles. The first-order chi connectivity index (χ1) is 10.1. The fraction of sp³-hybridized carbons (Fsp3) is 0.500. The van der Waals surface area contributed by atoms with Crippen LogP contribution in [0.5, 0.6) is 0 Å². The summed E-state index contributed by atoms with van der Waals surface area (Å²) in [5.41, 5.74) is 5.32. The van der Waals surface area contributed by atoms with Crippen molar-refractivity contribution < 1.29 is 0 Å². The fourth-order valence-electron chi connectivity index (χ4n) is 2.83. The Morgan fingerprint density at radius 2 is 2.05 bits per heavy atom. The van der Waals surface area contributed by atoms with Gasteiger partial charge in [-0.25, -0.2) is 4.98 Å². The summed E-state index contributed by atoms with van der Waals surface area (Å²) in [7, 11) is 0. The number of nitrogens with one attached hydrogen (secondary N) is 1. The molecule has 2 aromatic rings. The van der Waals surface area contributed by atoms with Crippen LogP contribution in [0.25, 0.3) is 0 Å². The van der Waals surface area contributed by atoms with E-state index in [1.807, 2.05) is 11.3 Å². The van der Waals surface area contributed by atoms with Crippen LogP contribution in [0.3, 0.4) is 0 Å². The Bertz CT molecular complexity index is 641. The summed E-state index contributed by atoms with van der Waals surface area (Å²) in [6, 6.07) is 7.68. The van der Waals surface area contributed by atoms with E-state index in [0.29, 0.717) is 6.04 Å². The smallest absolute Gasteiger partial charge is 0.115 e. The molecule has 1 atom stereocenters. The number of nitrogens with zero attached hydrogens (tertiary/aromatic N) is 1. The van der Waals surface area contributed by atoms with Gasteiger partial charge in [-0.05, 0) is 51.2 Å². The van der Waals surface area contributed by atoms with Crippen LogP contribution in [-0.2, 0) is 6.42 Å². The van der Waals surface area contributed by atoms with Gasteiger partial charge in [0.25, 0.3) is 0 Å². The average Bonchev–Trinajstić information content (AvgIpc) is 3.18. The molecule has 21 heavy (non-hydrogen) atoms. The number of rotatable bonds is 5. The van der Waals surface area contributed by atoms with Gasteiger partial charge in [0.1, 0.15) is 5.01 Å². The largest absolute Gasteiger partial charge is 0.301 e. The molecule has 0 aliphatic heterocycles. The first kappa shape index (κ1) is 14.7. The predicted octanol–water partition coefficient (Wildman–Crippen LogP) is 4.47. The fourth-order valence-corrected chi connectivity index (χ4v) is 3.92. The van der Waals surface area contributed by atoms with Gasteiger partial charge >= 0.3 is 0 Å². The van der Waals surface area contributed by atoms with E-state index < -0.39 is 0 Å². The molecule has 3 rings (SSSR count). The lowest BCUT2D eigenvalue weighted by atomic mass is 9.99. The quantitative estimate of drug-likeness (QED) is 0.881. The third kappa shape index (κ3) is 3.19. The second-order valence-corrected chi connectivity index (χ2v) is 7.38. The van der Waals surface area contributed by atoms with Crippen LogP contribution in [0.4, 0.5) is 0 Å². The first-order valence-corrected chi connectivity index (χ1v) is 8.69. The second kappa shape index (κ2) is 5.90. The summed E-state index contributed by atoms with van der Waals surface area (Å²) in [4.78, 5) is 6.27. The molecule has 0 spiro atoms.